The summed E-state index contributed by atoms with van der Waals surface area (Å²) in [5.74, 6) is -3.09. The van der Waals surface area contributed by atoms with E-state index >= 15 is 0 Å². The zero-order valence-electron chi connectivity index (χ0n) is 16.4. The topological polar surface area (TPSA) is 61.8 Å². The largest absolute Gasteiger partial charge is 0.476 e. The highest BCUT2D eigenvalue weighted by Crippen LogP contribution is 2.51. The van der Waals surface area contributed by atoms with Crippen molar-refractivity contribution < 1.29 is 37.0 Å². The first-order valence-corrected chi connectivity index (χ1v) is 10.3. The van der Waals surface area contributed by atoms with Gasteiger partial charge in [-0.3, -0.25) is 9.59 Å². The maximum Gasteiger partial charge on any atom is 0.432 e. The monoisotopic (exact) mass is 432 g/mol. The molecule has 0 saturated heterocycles. The smallest absolute Gasteiger partial charge is 0.432 e. The molecular weight excluding hydrogens is 409 g/mol. The van der Waals surface area contributed by atoms with Crippen molar-refractivity contribution in [2.75, 3.05) is 19.5 Å². The van der Waals surface area contributed by atoms with Gasteiger partial charge in [-0.05, 0) is 38.3 Å². The number of ether oxygens (including phenoxy) is 3. The Morgan fingerprint density at radius 3 is 2.31 bits per heavy atom. The first kappa shape index (κ1) is 23.1. The molecule has 1 aliphatic rings. The molecule has 0 N–H and O–H groups in total. The summed E-state index contributed by atoms with van der Waals surface area (Å²) in [5, 5.41) is 0. The van der Waals surface area contributed by atoms with Gasteiger partial charge >= 0.3 is 18.1 Å². The molecule has 1 aliphatic heterocycles. The first-order valence-electron chi connectivity index (χ1n) is 9.11. The summed E-state index contributed by atoms with van der Waals surface area (Å²) in [6.45, 7) is 3.26. The second-order valence-corrected chi connectivity index (χ2v) is 7.16. The Hall–Kier alpha value is -2.16. The van der Waals surface area contributed by atoms with Gasteiger partial charge in [-0.2, -0.15) is 13.2 Å². The van der Waals surface area contributed by atoms with Crippen LogP contribution in [0.4, 0.5) is 13.2 Å². The van der Waals surface area contributed by atoms with E-state index in [2.05, 4.69) is 0 Å². The number of halogens is 3. The van der Waals surface area contributed by atoms with Gasteiger partial charge in [0.2, 0.25) is 5.60 Å². The summed E-state index contributed by atoms with van der Waals surface area (Å²) in [7, 11) is 0. The van der Waals surface area contributed by atoms with Gasteiger partial charge in [-0.15, -0.1) is 11.8 Å². The van der Waals surface area contributed by atoms with Gasteiger partial charge in [-0.25, -0.2) is 0 Å². The normalized spacial score (nSPS) is 19.9. The molecule has 1 aromatic carbocycles. The lowest BCUT2D eigenvalue weighted by atomic mass is 9.90. The minimum Gasteiger partial charge on any atom is -0.476 e. The molecule has 9 heteroatoms. The van der Waals surface area contributed by atoms with Crippen molar-refractivity contribution in [2.45, 2.75) is 43.4 Å². The predicted molar refractivity (Wildman–Crippen MR) is 101 cm³/mol. The number of thioether (sulfide) groups is 1. The van der Waals surface area contributed by atoms with Crippen LogP contribution in [-0.4, -0.2) is 37.6 Å². The van der Waals surface area contributed by atoms with Gasteiger partial charge in [0.15, 0.2) is 0 Å². The van der Waals surface area contributed by atoms with E-state index in [4.69, 9.17) is 14.2 Å². The van der Waals surface area contributed by atoms with Crippen LogP contribution in [0.1, 0.15) is 32.3 Å². The predicted octanol–water partition coefficient (Wildman–Crippen LogP) is 4.60. The van der Waals surface area contributed by atoms with Crippen molar-refractivity contribution in [3.8, 4) is 0 Å². The quantitative estimate of drug-likeness (QED) is 0.442. The Morgan fingerprint density at radius 1 is 1.17 bits per heavy atom. The van der Waals surface area contributed by atoms with Gasteiger partial charge in [0.05, 0.1) is 19.6 Å². The summed E-state index contributed by atoms with van der Waals surface area (Å²) in [6, 6.07) is 5.88. The third-order valence-electron chi connectivity index (χ3n) is 4.49. The van der Waals surface area contributed by atoms with Crippen LogP contribution in [-0.2, 0) is 29.4 Å². The lowest BCUT2D eigenvalue weighted by Gasteiger charge is -2.33. The van der Waals surface area contributed by atoms with E-state index in [1.807, 2.05) is 6.26 Å². The van der Waals surface area contributed by atoms with E-state index in [9.17, 15) is 22.8 Å². The average molecular weight is 432 g/mol. The van der Waals surface area contributed by atoms with Crippen LogP contribution in [0.2, 0.25) is 0 Å². The summed E-state index contributed by atoms with van der Waals surface area (Å²) in [5.41, 5.74) is -2.70. The molecule has 160 valence electrons. The van der Waals surface area contributed by atoms with Crippen LogP contribution in [0.3, 0.4) is 0 Å². The van der Waals surface area contributed by atoms with Gasteiger partial charge < -0.3 is 14.2 Å². The molecule has 2 rings (SSSR count). The lowest BCUT2D eigenvalue weighted by molar-refractivity contribution is -0.266. The third kappa shape index (κ3) is 5.07. The molecule has 0 bridgehead atoms. The Bertz CT molecular complexity index is 760. The first-order chi connectivity index (χ1) is 13.7. The van der Waals surface area contributed by atoms with E-state index in [1.54, 1.807) is 26.0 Å². The van der Waals surface area contributed by atoms with Gasteiger partial charge in [0.25, 0.3) is 0 Å². The van der Waals surface area contributed by atoms with Crippen molar-refractivity contribution in [1.29, 1.82) is 0 Å². The number of rotatable bonds is 8. The highest BCUT2D eigenvalue weighted by Gasteiger charge is 2.61. The maximum absolute atomic E-state index is 14.1. The zero-order chi connectivity index (χ0) is 21.7. The molecule has 0 amide bonds. The molecule has 2 atom stereocenters. The standard InChI is InChI=1S/C20H23F3O5S/c1-4-26-17(24)12-15(18(25)27-5-2)16-10-11-19(28-16,20(21,22)23)13-6-8-14(29-3)9-7-13/h6-10,15H,4-5,11-12H2,1-3H3. The van der Waals surface area contributed by atoms with Crippen LogP contribution in [0.25, 0.3) is 0 Å². The molecule has 1 heterocycles. The summed E-state index contributed by atoms with van der Waals surface area (Å²) < 4.78 is 57.4. The maximum atomic E-state index is 14.1. The van der Waals surface area contributed by atoms with Crippen molar-refractivity contribution in [3.63, 3.8) is 0 Å². The Labute approximate surface area is 171 Å². The number of hydrogen-bond acceptors (Lipinski definition) is 6. The number of carbonyl (C=O) groups excluding carboxylic acids is 2. The van der Waals surface area contributed by atoms with Crippen molar-refractivity contribution in [2.24, 2.45) is 5.92 Å². The van der Waals surface area contributed by atoms with Crippen LogP contribution in [0.15, 0.2) is 41.0 Å². The molecule has 0 spiro atoms. The van der Waals surface area contributed by atoms with Gasteiger partial charge in [0, 0.05) is 16.9 Å². The second kappa shape index (κ2) is 9.56. The molecule has 2 unspecified atom stereocenters. The van der Waals surface area contributed by atoms with E-state index in [1.165, 1.54) is 30.0 Å². The Kier molecular flexibility index (Phi) is 7.62. The van der Waals surface area contributed by atoms with Crippen molar-refractivity contribution >= 4 is 23.7 Å². The molecule has 5 nitrogen and oxygen atoms in total. The SMILES string of the molecule is CCOC(=O)CC(C(=O)OCC)C1=CCC(c2ccc(SC)cc2)(C(F)(F)F)O1. The van der Waals surface area contributed by atoms with E-state index < -0.39 is 42.5 Å². The minimum absolute atomic E-state index is 0.0198. The summed E-state index contributed by atoms with van der Waals surface area (Å²) >= 11 is 1.41. The van der Waals surface area contributed by atoms with Crippen LogP contribution < -0.4 is 0 Å². The highest BCUT2D eigenvalue weighted by molar-refractivity contribution is 7.98. The fourth-order valence-electron chi connectivity index (χ4n) is 3.05. The summed E-state index contributed by atoms with van der Waals surface area (Å²) in [4.78, 5) is 25.0. The lowest BCUT2D eigenvalue weighted by Crippen LogP contribution is -2.43. The van der Waals surface area contributed by atoms with Crippen LogP contribution in [0, 0.1) is 5.92 Å². The number of carbonyl (C=O) groups is 2. The molecule has 1 aromatic rings. The molecule has 0 aromatic heterocycles. The molecule has 29 heavy (non-hydrogen) atoms. The van der Waals surface area contributed by atoms with Crippen LogP contribution >= 0.6 is 11.8 Å². The molecule has 0 saturated carbocycles. The Balaban J connectivity index is 2.36. The van der Waals surface area contributed by atoms with Crippen molar-refractivity contribution in [3.05, 3.63) is 41.7 Å². The average Bonchev–Trinajstić information content (AvgIpc) is 3.13. The minimum atomic E-state index is -4.74. The molecule has 0 radical (unpaired) electrons. The third-order valence-corrected chi connectivity index (χ3v) is 5.23. The van der Waals surface area contributed by atoms with E-state index in [-0.39, 0.29) is 24.5 Å². The fraction of sp³-hybridized carbons (Fsp3) is 0.500. The highest BCUT2D eigenvalue weighted by atomic mass is 32.2. The Morgan fingerprint density at radius 2 is 1.79 bits per heavy atom. The zero-order valence-corrected chi connectivity index (χ0v) is 17.2. The number of hydrogen-bond donors (Lipinski definition) is 0. The number of alkyl halides is 3. The number of esters is 2. The van der Waals surface area contributed by atoms with Gasteiger partial charge in [0.1, 0.15) is 11.7 Å². The molecule has 0 aliphatic carbocycles. The summed E-state index contributed by atoms with van der Waals surface area (Å²) in [6.07, 6.45) is -2.69. The van der Waals surface area contributed by atoms with E-state index in [0.29, 0.717) is 0 Å². The van der Waals surface area contributed by atoms with Crippen molar-refractivity contribution in [1.82, 2.24) is 0 Å². The molecular formula is C20H23F3O5S. The number of benzene rings is 1. The molecule has 0 fully saturated rings. The second-order valence-electron chi connectivity index (χ2n) is 6.28. The van der Waals surface area contributed by atoms with Crippen LogP contribution in [0.5, 0.6) is 0 Å². The van der Waals surface area contributed by atoms with Gasteiger partial charge in [-0.1, -0.05) is 12.1 Å². The van der Waals surface area contributed by atoms with E-state index in [0.717, 1.165) is 4.90 Å². The fourth-order valence-corrected chi connectivity index (χ4v) is 3.45.